The number of rotatable bonds is 3. The van der Waals surface area contributed by atoms with E-state index >= 15 is 0 Å². The molecule has 0 bridgehead atoms. The van der Waals surface area contributed by atoms with E-state index < -0.39 is 0 Å². The molecule has 1 fully saturated rings. The Kier molecular flexibility index (Phi) is 3.60. The fourth-order valence-electron chi connectivity index (χ4n) is 2.46. The fraction of sp³-hybridized carbons (Fsp3) is 0.538. The number of aryl methyl sites for hydroxylation is 1. The van der Waals surface area contributed by atoms with Crippen molar-refractivity contribution in [2.75, 3.05) is 25.1 Å². The molecule has 0 N–H and O–H groups in total. The molecule has 4 nitrogen and oxygen atoms in total. The van der Waals surface area contributed by atoms with Crippen molar-refractivity contribution in [1.29, 1.82) is 0 Å². The first-order valence-electron chi connectivity index (χ1n) is 6.45. The summed E-state index contributed by atoms with van der Waals surface area (Å²) in [6.07, 6.45) is 2.33. The van der Waals surface area contributed by atoms with Crippen molar-refractivity contribution in [2.45, 2.75) is 25.9 Å². The zero-order valence-corrected chi connectivity index (χ0v) is 12.6. The fourth-order valence-corrected chi connectivity index (χ4v) is 3.64. The van der Waals surface area contributed by atoms with Gasteiger partial charge in [0.1, 0.15) is 10.6 Å². The molecule has 3 heterocycles. The Labute approximate surface area is 121 Å². The second kappa shape index (κ2) is 5.23. The smallest absolute Gasteiger partial charge is 0.225 e. The molecule has 2 aromatic rings. The number of halogens is 1. The number of thiophene rings is 1. The van der Waals surface area contributed by atoms with Crippen molar-refractivity contribution in [3.05, 3.63) is 16.2 Å². The van der Waals surface area contributed by atoms with Gasteiger partial charge in [-0.2, -0.15) is 4.98 Å². The molecule has 3 rings (SSSR count). The van der Waals surface area contributed by atoms with Crippen molar-refractivity contribution in [1.82, 2.24) is 9.97 Å². The van der Waals surface area contributed by atoms with Gasteiger partial charge in [0.15, 0.2) is 0 Å². The first-order valence-corrected chi connectivity index (χ1v) is 7.64. The Bertz CT molecular complexity index is 601. The minimum absolute atomic E-state index is 0.285. The lowest BCUT2D eigenvalue weighted by molar-refractivity contribution is 0.121. The zero-order chi connectivity index (χ0) is 13.4. The van der Waals surface area contributed by atoms with Crippen LogP contribution in [-0.4, -0.2) is 36.3 Å². The summed E-state index contributed by atoms with van der Waals surface area (Å²) in [6.45, 7) is 3.98. The maximum absolute atomic E-state index is 6.05. The van der Waals surface area contributed by atoms with Gasteiger partial charge in [-0.15, -0.1) is 11.3 Å². The third-order valence-corrected chi connectivity index (χ3v) is 4.87. The summed E-state index contributed by atoms with van der Waals surface area (Å²) in [5, 5.41) is 1.44. The standard InChI is InChI=1S/C13H16ClN3OS/c1-3-9-6-10-11(15-13(14)16-12(10)19-9)17-5-4-8(7-17)18-2/h6,8H,3-5,7H2,1-2H3. The average molecular weight is 298 g/mol. The van der Waals surface area contributed by atoms with E-state index in [2.05, 4.69) is 27.9 Å². The van der Waals surface area contributed by atoms with Gasteiger partial charge >= 0.3 is 0 Å². The Morgan fingerprint density at radius 1 is 1.53 bits per heavy atom. The van der Waals surface area contributed by atoms with Gasteiger partial charge in [0.2, 0.25) is 5.28 Å². The number of fused-ring (bicyclic) bond motifs is 1. The highest BCUT2D eigenvalue weighted by Gasteiger charge is 2.25. The van der Waals surface area contributed by atoms with E-state index in [0.29, 0.717) is 5.28 Å². The highest BCUT2D eigenvalue weighted by Crippen LogP contribution is 2.33. The zero-order valence-electron chi connectivity index (χ0n) is 11.0. The minimum atomic E-state index is 0.285. The van der Waals surface area contributed by atoms with Gasteiger partial charge in [0, 0.05) is 25.1 Å². The van der Waals surface area contributed by atoms with Gasteiger partial charge < -0.3 is 9.64 Å². The van der Waals surface area contributed by atoms with Crippen LogP contribution >= 0.6 is 22.9 Å². The summed E-state index contributed by atoms with van der Waals surface area (Å²) >= 11 is 7.75. The molecule has 0 spiro atoms. The number of hydrogen-bond acceptors (Lipinski definition) is 5. The van der Waals surface area contributed by atoms with Crippen LogP contribution < -0.4 is 4.90 Å². The topological polar surface area (TPSA) is 38.2 Å². The number of aromatic nitrogens is 2. The summed E-state index contributed by atoms with van der Waals surface area (Å²) in [4.78, 5) is 13.3. The lowest BCUT2D eigenvalue weighted by atomic mass is 10.3. The maximum Gasteiger partial charge on any atom is 0.225 e. The van der Waals surface area contributed by atoms with E-state index in [1.165, 1.54) is 4.88 Å². The Balaban J connectivity index is 2.04. The lowest BCUT2D eigenvalue weighted by Gasteiger charge is -2.17. The van der Waals surface area contributed by atoms with E-state index in [1.807, 2.05) is 0 Å². The van der Waals surface area contributed by atoms with Crippen molar-refractivity contribution in [2.24, 2.45) is 0 Å². The molecule has 1 atom stereocenters. The summed E-state index contributed by atoms with van der Waals surface area (Å²) in [6, 6.07) is 2.19. The maximum atomic E-state index is 6.05. The SMILES string of the molecule is CCc1cc2c(N3CCC(OC)C3)nc(Cl)nc2s1. The number of methoxy groups -OCH3 is 1. The van der Waals surface area contributed by atoms with Crippen LogP contribution in [0, 0.1) is 0 Å². The lowest BCUT2D eigenvalue weighted by Crippen LogP contribution is -2.23. The van der Waals surface area contributed by atoms with Crippen LogP contribution in [0.3, 0.4) is 0 Å². The van der Waals surface area contributed by atoms with Crippen LogP contribution in [0.4, 0.5) is 5.82 Å². The van der Waals surface area contributed by atoms with Crippen LogP contribution in [0.25, 0.3) is 10.2 Å². The Morgan fingerprint density at radius 3 is 3.05 bits per heavy atom. The van der Waals surface area contributed by atoms with Crippen LogP contribution in [0.2, 0.25) is 5.28 Å². The molecule has 1 saturated heterocycles. The van der Waals surface area contributed by atoms with E-state index in [1.54, 1.807) is 18.4 Å². The molecular weight excluding hydrogens is 282 g/mol. The molecule has 0 radical (unpaired) electrons. The third kappa shape index (κ3) is 2.42. The highest BCUT2D eigenvalue weighted by atomic mass is 35.5. The van der Waals surface area contributed by atoms with Crippen LogP contribution in [0.15, 0.2) is 6.07 Å². The monoisotopic (exact) mass is 297 g/mol. The summed E-state index contributed by atoms with van der Waals surface area (Å²) < 4.78 is 5.42. The van der Waals surface area contributed by atoms with Gasteiger partial charge in [-0.3, -0.25) is 0 Å². The Hall–Kier alpha value is -0.910. The number of ether oxygens (including phenoxy) is 1. The number of anilines is 1. The first-order chi connectivity index (χ1) is 9.21. The van der Waals surface area contributed by atoms with Crippen molar-refractivity contribution in [3.63, 3.8) is 0 Å². The third-order valence-electron chi connectivity index (χ3n) is 3.52. The summed E-state index contributed by atoms with van der Waals surface area (Å²) in [7, 11) is 1.76. The number of nitrogens with zero attached hydrogens (tertiary/aromatic N) is 3. The average Bonchev–Trinajstić information content (AvgIpc) is 3.03. The molecule has 1 unspecified atom stereocenters. The molecule has 0 aliphatic carbocycles. The Morgan fingerprint density at radius 2 is 2.37 bits per heavy atom. The van der Waals surface area contributed by atoms with Crippen molar-refractivity contribution >= 4 is 39.0 Å². The molecule has 0 saturated carbocycles. The summed E-state index contributed by atoms with van der Waals surface area (Å²) in [5.74, 6) is 0.950. The first kappa shape index (κ1) is 13.1. The molecule has 0 amide bonds. The molecule has 1 aliphatic heterocycles. The quantitative estimate of drug-likeness (QED) is 0.816. The molecule has 0 aromatic carbocycles. The second-order valence-corrected chi connectivity index (χ2v) is 6.15. The van der Waals surface area contributed by atoms with E-state index in [9.17, 15) is 0 Å². The van der Waals surface area contributed by atoms with E-state index in [0.717, 1.165) is 42.0 Å². The largest absolute Gasteiger partial charge is 0.380 e. The predicted molar refractivity (Wildman–Crippen MR) is 79.4 cm³/mol. The molecule has 19 heavy (non-hydrogen) atoms. The predicted octanol–water partition coefficient (Wildman–Crippen LogP) is 3.13. The summed E-state index contributed by atoms with van der Waals surface area (Å²) in [5.41, 5.74) is 0. The van der Waals surface area contributed by atoms with Gasteiger partial charge in [0.25, 0.3) is 0 Å². The molecular formula is C13H16ClN3OS. The van der Waals surface area contributed by atoms with Crippen molar-refractivity contribution in [3.8, 4) is 0 Å². The van der Waals surface area contributed by atoms with Crippen LogP contribution in [0.5, 0.6) is 0 Å². The van der Waals surface area contributed by atoms with Gasteiger partial charge in [-0.05, 0) is 30.5 Å². The van der Waals surface area contributed by atoms with Gasteiger partial charge in [-0.25, -0.2) is 4.98 Å². The minimum Gasteiger partial charge on any atom is -0.380 e. The highest BCUT2D eigenvalue weighted by molar-refractivity contribution is 7.18. The van der Waals surface area contributed by atoms with Gasteiger partial charge in [0.05, 0.1) is 11.5 Å². The van der Waals surface area contributed by atoms with Crippen molar-refractivity contribution < 1.29 is 4.74 Å². The second-order valence-electron chi connectivity index (χ2n) is 4.69. The molecule has 2 aromatic heterocycles. The van der Waals surface area contributed by atoms with E-state index in [4.69, 9.17) is 16.3 Å². The van der Waals surface area contributed by atoms with Gasteiger partial charge in [-0.1, -0.05) is 6.92 Å². The van der Waals surface area contributed by atoms with Crippen LogP contribution in [-0.2, 0) is 11.2 Å². The van der Waals surface area contributed by atoms with E-state index in [-0.39, 0.29) is 6.10 Å². The molecule has 102 valence electrons. The normalized spacial score (nSPS) is 19.5. The molecule has 6 heteroatoms. The van der Waals surface area contributed by atoms with Crippen LogP contribution in [0.1, 0.15) is 18.2 Å². The molecule has 1 aliphatic rings. The number of hydrogen-bond donors (Lipinski definition) is 0.